The maximum atomic E-state index is 13.1. The molecule has 0 spiro atoms. The van der Waals surface area contributed by atoms with Crippen molar-refractivity contribution in [3.63, 3.8) is 0 Å². The Kier molecular flexibility index (Phi) is 7.36. The molecule has 1 aliphatic rings. The standard InChI is InChI=1S/C26H26O5S/c1-15(2)6-13-22(32-26(29)17-9-7-16(3)8-10-17)18-14-21(30-4)23-19(27)11-12-20(28)24(23)25(18)31-5/h6-12,14,22H,13H2,1-5H3. The Balaban J connectivity index is 2.14. The molecule has 2 aromatic rings. The number of carbonyl (C=O) groups is 3. The molecule has 0 bridgehead atoms. The van der Waals surface area contributed by atoms with Crippen molar-refractivity contribution in [3.05, 3.63) is 82.0 Å². The fourth-order valence-electron chi connectivity index (χ4n) is 3.55. The molecular formula is C26H26O5S. The monoisotopic (exact) mass is 450 g/mol. The lowest BCUT2D eigenvalue weighted by molar-refractivity contribution is 0.0988. The van der Waals surface area contributed by atoms with E-state index in [1.807, 2.05) is 39.0 Å². The highest BCUT2D eigenvalue weighted by molar-refractivity contribution is 8.14. The van der Waals surface area contributed by atoms with Crippen molar-refractivity contribution in [1.82, 2.24) is 0 Å². The van der Waals surface area contributed by atoms with E-state index in [2.05, 4.69) is 0 Å². The van der Waals surface area contributed by atoms with Crippen LogP contribution in [0.5, 0.6) is 11.5 Å². The molecule has 5 nitrogen and oxygen atoms in total. The van der Waals surface area contributed by atoms with Gasteiger partial charge in [0, 0.05) is 16.4 Å². The number of thioether (sulfide) groups is 1. The summed E-state index contributed by atoms with van der Waals surface area (Å²) in [6.07, 6.45) is 5.06. The Bertz CT molecular complexity index is 1120. The Morgan fingerprint density at radius 3 is 2.19 bits per heavy atom. The Labute approximate surface area is 192 Å². The Morgan fingerprint density at radius 1 is 1.00 bits per heavy atom. The molecule has 1 unspecified atom stereocenters. The number of fused-ring (bicyclic) bond motifs is 1. The summed E-state index contributed by atoms with van der Waals surface area (Å²) < 4.78 is 11.1. The van der Waals surface area contributed by atoms with Gasteiger partial charge in [0.2, 0.25) is 5.12 Å². The smallest absolute Gasteiger partial charge is 0.219 e. The molecule has 0 radical (unpaired) electrons. The lowest BCUT2D eigenvalue weighted by atomic mass is 9.89. The molecule has 0 heterocycles. The highest BCUT2D eigenvalue weighted by Gasteiger charge is 2.32. The molecule has 0 fully saturated rings. The number of hydrogen-bond donors (Lipinski definition) is 0. The first-order valence-electron chi connectivity index (χ1n) is 10.2. The van der Waals surface area contributed by atoms with Crippen LogP contribution in [-0.2, 0) is 0 Å². The number of allylic oxidation sites excluding steroid dienone is 4. The summed E-state index contributed by atoms with van der Waals surface area (Å²) in [6, 6.07) is 9.12. The zero-order valence-corrected chi connectivity index (χ0v) is 19.7. The number of benzene rings is 2. The van der Waals surface area contributed by atoms with Gasteiger partial charge in [-0.05, 0) is 45.4 Å². The van der Waals surface area contributed by atoms with Gasteiger partial charge in [-0.3, -0.25) is 14.4 Å². The molecule has 0 aromatic heterocycles. The van der Waals surface area contributed by atoms with Crippen molar-refractivity contribution in [2.75, 3.05) is 14.2 Å². The van der Waals surface area contributed by atoms with E-state index in [-0.39, 0.29) is 33.1 Å². The Hall–Kier alpha value is -3.12. The van der Waals surface area contributed by atoms with Crippen molar-refractivity contribution in [1.29, 1.82) is 0 Å². The van der Waals surface area contributed by atoms with Crippen LogP contribution in [-0.4, -0.2) is 30.9 Å². The van der Waals surface area contributed by atoms with E-state index < -0.39 is 0 Å². The van der Waals surface area contributed by atoms with Crippen LogP contribution in [0, 0.1) is 6.92 Å². The predicted octanol–water partition coefficient (Wildman–Crippen LogP) is 5.92. The first-order valence-corrected chi connectivity index (χ1v) is 11.1. The molecule has 0 N–H and O–H groups in total. The SMILES string of the molecule is COc1cc(C(CC=C(C)C)SC(=O)c2ccc(C)cc2)c(OC)c2c1C(=O)C=CC2=O. The van der Waals surface area contributed by atoms with Gasteiger partial charge in [-0.1, -0.05) is 53.2 Å². The number of rotatable bonds is 7. The molecule has 0 saturated carbocycles. The summed E-state index contributed by atoms with van der Waals surface area (Å²) in [5, 5.41) is -0.431. The van der Waals surface area contributed by atoms with Crippen LogP contribution in [0.1, 0.15) is 67.7 Å². The second-order valence-corrected chi connectivity index (χ2v) is 8.97. The fraction of sp³-hybridized carbons (Fsp3) is 0.269. The van der Waals surface area contributed by atoms with Gasteiger partial charge in [0.05, 0.1) is 25.3 Å². The highest BCUT2D eigenvalue weighted by atomic mass is 32.2. The normalized spacial score (nSPS) is 13.4. The second kappa shape index (κ2) is 10.0. The summed E-state index contributed by atoms with van der Waals surface area (Å²) in [5.41, 5.74) is 3.79. The van der Waals surface area contributed by atoms with Crippen LogP contribution in [0.4, 0.5) is 0 Å². The number of methoxy groups -OCH3 is 2. The van der Waals surface area contributed by atoms with Crippen LogP contribution in [0.15, 0.2) is 54.1 Å². The summed E-state index contributed by atoms with van der Waals surface area (Å²) in [7, 11) is 2.92. The largest absolute Gasteiger partial charge is 0.496 e. The first-order chi connectivity index (χ1) is 15.3. The van der Waals surface area contributed by atoms with Crippen molar-refractivity contribution < 1.29 is 23.9 Å². The number of hydrogen-bond acceptors (Lipinski definition) is 6. The minimum absolute atomic E-state index is 0.0850. The van der Waals surface area contributed by atoms with E-state index in [1.165, 1.54) is 38.1 Å². The highest BCUT2D eigenvalue weighted by Crippen LogP contribution is 2.46. The first kappa shape index (κ1) is 23.5. The van der Waals surface area contributed by atoms with Gasteiger partial charge in [0.1, 0.15) is 11.5 Å². The molecule has 0 aliphatic heterocycles. The van der Waals surface area contributed by atoms with Gasteiger partial charge in [-0.15, -0.1) is 0 Å². The molecule has 6 heteroatoms. The summed E-state index contributed by atoms with van der Waals surface area (Å²) in [6.45, 7) is 5.94. The Morgan fingerprint density at radius 2 is 1.62 bits per heavy atom. The van der Waals surface area contributed by atoms with Crippen LogP contribution in [0.25, 0.3) is 0 Å². The summed E-state index contributed by atoms with van der Waals surface area (Å²) in [4.78, 5) is 38.3. The number of aryl methyl sites for hydroxylation is 1. The molecule has 32 heavy (non-hydrogen) atoms. The van der Waals surface area contributed by atoms with Gasteiger partial charge < -0.3 is 9.47 Å². The molecule has 0 amide bonds. The van der Waals surface area contributed by atoms with Crippen LogP contribution >= 0.6 is 11.8 Å². The maximum Gasteiger partial charge on any atom is 0.219 e. The summed E-state index contributed by atoms with van der Waals surface area (Å²) >= 11 is 1.17. The van der Waals surface area contributed by atoms with Crippen molar-refractivity contribution in [2.24, 2.45) is 0 Å². The molecule has 0 saturated heterocycles. The third kappa shape index (κ3) is 4.86. The number of ether oxygens (including phenoxy) is 2. The third-order valence-electron chi connectivity index (χ3n) is 5.20. The van der Waals surface area contributed by atoms with E-state index in [4.69, 9.17) is 9.47 Å². The van der Waals surface area contributed by atoms with Gasteiger partial charge in [0.15, 0.2) is 11.6 Å². The van der Waals surface area contributed by atoms with Crippen LogP contribution in [0.3, 0.4) is 0 Å². The molecule has 3 rings (SSSR count). The van der Waals surface area contributed by atoms with E-state index >= 15 is 0 Å². The van der Waals surface area contributed by atoms with Gasteiger partial charge >= 0.3 is 0 Å². The molecule has 166 valence electrons. The van der Waals surface area contributed by atoms with Gasteiger partial charge in [-0.2, -0.15) is 0 Å². The number of carbonyl (C=O) groups excluding carboxylic acids is 3. The van der Waals surface area contributed by atoms with E-state index in [0.29, 0.717) is 29.0 Å². The quantitative estimate of drug-likeness (QED) is 0.488. The van der Waals surface area contributed by atoms with Crippen molar-refractivity contribution >= 4 is 28.4 Å². The fourth-order valence-corrected chi connectivity index (χ4v) is 4.57. The average molecular weight is 451 g/mol. The van der Waals surface area contributed by atoms with Crippen LogP contribution < -0.4 is 9.47 Å². The average Bonchev–Trinajstić information content (AvgIpc) is 2.78. The molecule has 2 aromatic carbocycles. The minimum Gasteiger partial charge on any atom is -0.496 e. The second-order valence-electron chi connectivity index (χ2n) is 7.79. The zero-order valence-electron chi connectivity index (χ0n) is 18.9. The van der Waals surface area contributed by atoms with E-state index in [9.17, 15) is 14.4 Å². The zero-order chi connectivity index (χ0) is 23.4. The molecule has 1 atom stereocenters. The van der Waals surface area contributed by atoms with Crippen molar-refractivity contribution in [3.8, 4) is 11.5 Å². The summed E-state index contributed by atoms with van der Waals surface area (Å²) in [5.74, 6) is -0.0399. The predicted molar refractivity (Wildman–Crippen MR) is 127 cm³/mol. The maximum absolute atomic E-state index is 13.1. The lowest BCUT2D eigenvalue weighted by Gasteiger charge is -2.24. The lowest BCUT2D eigenvalue weighted by Crippen LogP contribution is -2.17. The molecular weight excluding hydrogens is 424 g/mol. The molecule has 1 aliphatic carbocycles. The van der Waals surface area contributed by atoms with Crippen molar-refractivity contribution in [2.45, 2.75) is 32.4 Å². The topological polar surface area (TPSA) is 69.7 Å². The van der Waals surface area contributed by atoms with Gasteiger partial charge in [-0.25, -0.2) is 0 Å². The third-order valence-corrected chi connectivity index (χ3v) is 6.38. The van der Waals surface area contributed by atoms with E-state index in [1.54, 1.807) is 18.2 Å². The van der Waals surface area contributed by atoms with Gasteiger partial charge in [0.25, 0.3) is 0 Å². The minimum atomic E-state index is -0.346. The van der Waals surface area contributed by atoms with E-state index in [0.717, 1.165) is 11.1 Å². The number of ketones is 2. The van der Waals surface area contributed by atoms with Crippen LogP contribution in [0.2, 0.25) is 0 Å².